The molecule has 2 unspecified atom stereocenters. The van der Waals surface area contributed by atoms with E-state index in [0.29, 0.717) is 5.92 Å². The number of ether oxygens (including phenoxy) is 1. The molecule has 0 fully saturated rings. The quantitative estimate of drug-likeness (QED) is 0.817. The highest BCUT2D eigenvalue weighted by atomic mass is 16.5. The molecule has 0 saturated carbocycles. The number of aliphatic hydroxyl groups is 1. The van der Waals surface area contributed by atoms with E-state index in [9.17, 15) is 5.11 Å². The first kappa shape index (κ1) is 15.0. The van der Waals surface area contributed by atoms with E-state index < -0.39 is 6.10 Å². The van der Waals surface area contributed by atoms with Gasteiger partial charge in [0.1, 0.15) is 5.75 Å². The second-order valence-electron chi connectivity index (χ2n) is 4.95. The van der Waals surface area contributed by atoms with Crippen LogP contribution in [0.1, 0.15) is 50.8 Å². The SMILES string of the molecule is CCNC(C)C(O)c1ccc(OC)c(C(C)C)c1. The summed E-state index contributed by atoms with van der Waals surface area (Å²) < 4.78 is 5.35. The molecule has 0 bridgehead atoms. The van der Waals surface area contributed by atoms with Gasteiger partial charge in [0.15, 0.2) is 0 Å². The van der Waals surface area contributed by atoms with Gasteiger partial charge < -0.3 is 15.2 Å². The summed E-state index contributed by atoms with van der Waals surface area (Å²) in [7, 11) is 1.68. The Kier molecular flexibility index (Phi) is 5.63. The molecular formula is C15H25NO2. The molecule has 18 heavy (non-hydrogen) atoms. The molecule has 3 nitrogen and oxygen atoms in total. The number of hydrogen-bond donors (Lipinski definition) is 2. The smallest absolute Gasteiger partial charge is 0.122 e. The zero-order chi connectivity index (χ0) is 13.7. The highest BCUT2D eigenvalue weighted by molar-refractivity contribution is 5.40. The molecule has 0 aliphatic rings. The van der Waals surface area contributed by atoms with E-state index in [1.165, 1.54) is 0 Å². The number of nitrogens with one attached hydrogen (secondary N) is 1. The van der Waals surface area contributed by atoms with Crippen LogP contribution in [0.15, 0.2) is 18.2 Å². The predicted octanol–water partition coefficient (Wildman–Crippen LogP) is 2.85. The third-order valence-corrected chi connectivity index (χ3v) is 3.22. The maximum absolute atomic E-state index is 10.3. The Labute approximate surface area is 110 Å². The fourth-order valence-electron chi connectivity index (χ4n) is 2.11. The topological polar surface area (TPSA) is 41.5 Å². The van der Waals surface area contributed by atoms with Crippen LogP contribution in [0.25, 0.3) is 0 Å². The standard InChI is InChI=1S/C15H25NO2/c1-6-16-11(4)15(17)12-7-8-14(18-5)13(9-12)10(2)3/h7-11,15-17H,6H2,1-5H3. The zero-order valence-electron chi connectivity index (χ0n) is 12.0. The molecule has 1 rings (SSSR count). The summed E-state index contributed by atoms with van der Waals surface area (Å²) in [6.45, 7) is 9.14. The predicted molar refractivity (Wildman–Crippen MR) is 75.2 cm³/mol. The van der Waals surface area contributed by atoms with Gasteiger partial charge in [0.25, 0.3) is 0 Å². The molecule has 2 atom stereocenters. The Bertz CT molecular complexity index is 377. The molecule has 0 aromatic heterocycles. The summed E-state index contributed by atoms with van der Waals surface area (Å²) in [6.07, 6.45) is -0.492. The van der Waals surface area contributed by atoms with Crippen molar-refractivity contribution in [3.8, 4) is 5.75 Å². The van der Waals surface area contributed by atoms with Gasteiger partial charge in [-0.1, -0.05) is 26.8 Å². The highest BCUT2D eigenvalue weighted by Crippen LogP contribution is 2.30. The Hall–Kier alpha value is -1.06. The minimum atomic E-state index is -0.492. The van der Waals surface area contributed by atoms with Crippen LogP contribution < -0.4 is 10.1 Å². The lowest BCUT2D eigenvalue weighted by molar-refractivity contribution is 0.137. The van der Waals surface area contributed by atoms with E-state index in [4.69, 9.17) is 4.74 Å². The Morgan fingerprint density at radius 1 is 1.28 bits per heavy atom. The minimum absolute atomic E-state index is 0.0448. The lowest BCUT2D eigenvalue weighted by Crippen LogP contribution is -2.31. The Morgan fingerprint density at radius 2 is 1.94 bits per heavy atom. The molecule has 0 aliphatic heterocycles. The van der Waals surface area contributed by atoms with Gasteiger partial charge in [-0.3, -0.25) is 0 Å². The van der Waals surface area contributed by atoms with Crippen LogP contribution in [0.5, 0.6) is 5.75 Å². The summed E-state index contributed by atoms with van der Waals surface area (Å²) in [4.78, 5) is 0. The monoisotopic (exact) mass is 251 g/mol. The molecule has 3 heteroatoms. The van der Waals surface area contributed by atoms with E-state index in [-0.39, 0.29) is 6.04 Å². The van der Waals surface area contributed by atoms with Crippen LogP contribution in [0.3, 0.4) is 0 Å². The van der Waals surface area contributed by atoms with Crippen LogP contribution in [0, 0.1) is 0 Å². The number of benzene rings is 1. The van der Waals surface area contributed by atoms with Crippen molar-refractivity contribution >= 4 is 0 Å². The van der Waals surface area contributed by atoms with Gasteiger partial charge in [-0.2, -0.15) is 0 Å². The van der Waals surface area contributed by atoms with E-state index in [2.05, 4.69) is 19.2 Å². The van der Waals surface area contributed by atoms with Crippen LogP contribution in [0.2, 0.25) is 0 Å². The molecular weight excluding hydrogens is 226 g/mol. The summed E-state index contributed by atoms with van der Waals surface area (Å²) in [6, 6.07) is 5.96. The van der Waals surface area contributed by atoms with Gasteiger partial charge in [-0.15, -0.1) is 0 Å². The summed E-state index contributed by atoms with van der Waals surface area (Å²) in [5, 5.41) is 13.5. The van der Waals surface area contributed by atoms with Gasteiger partial charge in [0.05, 0.1) is 13.2 Å². The molecule has 2 N–H and O–H groups in total. The van der Waals surface area contributed by atoms with Crippen LogP contribution >= 0.6 is 0 Å². The lowest BCUT2D eigenvalue weighted by Gasteiger charge is -2.22. The molecule has 1 aromatic rings. The first-order chi connectivity index (χ1) is 8.51. The van der Waals surface area contributed by atoms with Gasteiger partial charge in [-0.25, -0.2) is 0 Å². The van der Waals surface area contributed by atoms with E-state index >= 15 is 0 Å². The number of rotatable bonds is 6. The number of hydrogen-bond acceptors (Lipinski definition) is 3. The summed E-state index contributed by atoms with van der Waals surface area (Å²) in [5.41, 5.74) is 2.07. The Morgan fingerprint density at radius 3 is 2.44 bits per heavy atom. The molecule has 0 radical (unpaired) electrons. The molecule has 1 aromatic carbocycles. The van der Waals surface area contributed by atoms with Crippen molar-refractivity contribution in [3.05, 3.63) is 29.3 Å². The second-order valence-corrected chi connectivity index (χ2v) is 4.95. The van der Waals surface area contributed by atoms with Crippen molar-refractivity contribution in [1.82, 2.24) is 5.32 Å². The van der Waals surface area contributed by atoms with Crippen LogP contribution in [-0.2, 0) is 0 Å². The van der Waals surface area contributed by atoms with Crippen molar-refractivity contribution in [2.45, 2.75) is 45.8 Å². The molecule has 102 valence electrons. The van der Waals surface area contributed by atoms with Crippen molar-refractivity contribution in [2.75, 3.05) is 13.7 Å². The zero-order valence-corrected chi connectivity index (χ0v) is 12.0. The largest absolute Gasteiger partial charge is 0.496 e. The summed E-state index contributed by atoms with van der Waals surface area (Å²) in [5.74, 6) is 1.26. The average Bonchev–Trinajstić information content (AvgIpc) is 2.37. The van der Waals surface area contributed by atoms with Crippen molar-refractivity contribution < 1.29 is 9.84 Å². The van der Waals surface area contributed by atoms with E-state index in [1.54, 1.807) is 7.11 Å². The van der Waals surface area contributed by atoms with Crippen LogP contribution in [-0.4, -0.2) is 24.8 Å². The fraction of sp³-hybridized carbons (Fsp3) is 0.600. The maximum Gasteiger partial charge on any atom is 0.122 e. The normalized spacial score (nSPS) is 14.6. The number of methoxy groups -OCH3 is 1. The van der Waals surface area contributed by atoms with Gasteiger partial charge >= 0.3 is 0 Å². The minimum Gasteiger partial charge on any atom is -0.496 e. The van der Waals surface area contributed by atoms with Crippen molar-refractivity contribution in [3.63, 3.8) is 0 Å². The molecule has 0 amide bonds. The number of aliphatic hydroxyl groups excluding tert-OH is 1. The van der Waals surface area contributed by atoms with Gasteiger partial charge in [-0.05, 0) is 42.6 Å². The second kappa shape index (κ2) is 6.76. The first-order valence-corrected chi connectivity index (χ1v) is 6.60. The van der Waals surface area contributed by atoms with Crippen molar-refractivity contribution in [2.24, 2.45) is 0 Å². The number of likely N-dealkylation sites (N-methyl/N-ethyl adjacent to an activating group) is 1. The Balaban J connectivity index is 3.00. The van der Waals surface area contributed by atoms with E-state index in [1.807, 2.05) is 32.0 Å². The molecule has 0 saturated heterocycles. The fourth-order valence-corrected chi connectivity index (χ4v) is 2.11. The highest BCUT2D eigenvalue weighted by Gasteiger charge is 2.17. The van der Waals surface area contributed by atoms with Gasteiger partial charge in [0, 0.05) is 6.04 Å². The molecule has 0 heterocycles. The average molecular weight is 251 g/mol. The summed E-state index contributed by atoms with van der Waals surface area (Å²) >= 11 is 0. The molecule has 0 spiro atoms. The van der Waals surface area contributed by atoms with Gasteiger partial charge in [0.2, 0.25) is 0 Å². The lowest BCUT2D eigenvalue weighted by atomic mass is 9.95. The third kappa shape index (κ3) is 3.47. The van der Waals surface area contributed by atoms with E-state index in [0.717, 1.165) is 23.4 Å². The van der Waals surface area contributed by atoms with Crippen LogP contribution in [0.4, 0.5) is 0 Å². The van der Waals surface area contributed by atoms with Crippen molar-refractivity contribution in [1.29, 1.82) is 0 Å². The first-order valence-electron chi connectivity index (χ1n) is 6.60. The third-order valence-electron chi connectivity index (χ3n) is 3.22. The maximum atomic E-state index is 10.3. The molecule has 0 aliphatic carbocycles.